The van der Waals surface area contributed by atoms with Crippen LogP contribution >= 0.6 is 0 Å². The summed E-state index contributed by atoms with van der Waals surface area (Å²) < 4.78 is 4.45. The molecule has 0 atom stereocenters. The topological polar surface area (TPSA) is 29.5 Å². The molecule has 0 spiro atoms. The van der Waals surface area contributed by atoms with Crippen LogP contribution in [-0.4, -0.2) is 25.9 Å². The molecule has 10 heavy (non-hydrogen) atoms. The van der Waals surface area contributed by atoms with Crippen LogP contribution in [0.15, 0.2) is 0 Å². The van der Waals surface area contributed by atoms with Crippen LogP contribution < -0.4 is 0 Å². The molecule has 0 saturated heterocycles. The molecule has 0 saturated carbocycles. The second-order valence-electron chi connectivity index (χ2n) is 0.926. The summed E-state index contributed by atoms with van der Waals surface area (Å²) in [4.78, 5) is 0. The first kappa shape index (κ1) is 16.0. The Kier molecular flexibility index (Phi) is 69.1. The van der Waals surface area contributed by atoms with Gasteiger partial charge in [0.15, 0.2) is 0 Å². The van der Waals surface area contributed by atoms with Crippen molar-refractivity contribution in [3.8, 4) is 24.7 Å². The van der Waals surface area contributed by atoms with Gasteiger partial charge in [0.05, 0.1) is 0 Å². The van der Waals surface area contributed by atoms with E-state index in [9.17, 15) is 0 Å². The first-order chi connectivity index (χ1) is 4.83. The minimum atomic E-state index is 0.417. The zero-order chi connectivity index (χ0) is 8.83. The van der Waals surface area contributed by atoms with Crippen LogP contribution in [0.1, 0.15) is 6.92 Å². The number of ether oxygens (including phenoxy) is 1. The van der Waals surface area contributed by atoms with Crippen molar-refractivity contribution < 1.29 is 9.84 Å². The normalized spacial score (nSPS) is 4.60. The Morgan fingerprint density at radius 2 is 1.70 bits per heavy atom. The van der Waals surface area contributed by atoms with E-state index < -0.39 is 0 Å². The minimum Gasteiger partial charge on any atom is -0.400 e. The Morgan fingerprint density at radius 1 is 1.40 bits per heavy atom. The highest BCUT2D eigenvalue weighted by molar-refractivity contribution is 4.82. The van der Waals surface area contributed by atoms with Gasteiger partial charge in [0.1, 0.15) is 6.61 Å². The largest absolute Gasteiger partial charge is 0.400 e. The standard InChI is InChI=1S/C4H6O.C3H4.CH4O/c1-3-4-5-2;1-3-2;1-2/h1H,4H2,2H3;1H,2H3;2H,1H3. The number of hydrogen-bond acceptors (Lipinski definition) is 2. The number of aliphatic hydroxyl groups is 1. The maximum absolute atomic E-state index is 7.00. The van der Waals surface area contributed by atoms with Crippen LogP contribution in [0.4, 0.5) is 0 Å². The number of terminal acetylenes is 2. The summed E-state index contributed by atoms with van der Waals surface area (Å²) in [6, 6.07) is 0. The van der Waals surface area contributed by atoms with E-state index in [1.54, 1.807) is 14.0 Å². The maximum Gasteiger partial charge on any atom is 0.107 e. The molecule has 0 unspecified atom stereocenters. The second-order valence-corrected chi connectivity index (χ2v) is 0.926. The van der Waals surface area contributed by atoms with Gasteiger partial charge in [-0.05, 0) is 6.92 Å². The SMILES string of the molecule is C#CC.C#CCOC.CO. The molecule has 1 N–H and O–H groups in total. The molecule has 0 fully saturated rings. The average molecular weight is 142 g/mol. The van der Waals surface area contributed by atoms with Gasteiger partial charge >= 0.3 is 0 Å². The Bertz CT molecular complexity index is 94.8. The fourth-order valence-electron chi connectivity index (χ4n) is 0.0833. The molecule has 0 aromatic rings. The molecule has 0 rings (SSSR count). The third-order valence-electron chi connectivity index (χ3n) is 0.228. The van der Waals surface area contributed by atoms with Crippen molar-refractivity contribution in [3.63, 3.8) is 0 Å². The molecular formula is C8H14O2. The molecular weight excluding hydrogens is 128 g/mol. The van der Waals surface area contributed by atoms with Crippen LogP contribution in [0.2, 0.25) is 0 Å². The predicted octanol–water partition coefficient (Wildman–Crippen LogP) is 0.514. The van der Waals surface area contributed by atoms with Crippen molar-refractivity contribution in [2.75, 3.05) is 20.8 Å². The van der Waals surface area contributed by atoms with Gasteiger partial charge in [0.25, 0.3) is 0 Å². The van der Waals surface area contributed by atoms with Crippen LogP contribution in [0.5, 0.6) is 0 Å². The minimum absolute atomic E-state index is 0.417. The molecule has 0 bridgehead atoms. The van der Waals surface area contributed by atoms with Gasteiger partial charge in [-0.15, -0.1) is 18.8 Å². The molecule has 0 aromatic heterocycles. The summed E-state index contributed by atoms with van der Waals surface area (Å²) in [5.74, 6) is 4.55. The van der Waals surface area contributed by atoms with E-state index in [1.165, 1.54) is 0 Å². The van der Waals surface area contributed by atoms with Gasteiger partial charge in [-0.3, -0.25) is 0 Å². The molecule has 0 aliphatic heterocycles. The van der Waals surface area contributed by atoms with E-state index in [1.807, 2.05) is 0 Å². The molecule has 2 heteroatoms. The van der Waals surface area contributed by atoms with Gasteiger partial charge in [0, 0.05) is 14.2 Å². The van der Waals surface area contributed by atoms with Crippen LogP contribution in [0.3, 0.4) is 0 Å². The van der Waals surface area contributed by atoms with E-state index >= 15 is 0 Å². The van der Waals surface area contributed by atoms with Crippen molar-refractivity contribution >= 4 is 0 Å². The van der Waals surface area contributed by atoms with Crippen LogP contribution in [0.25, 0.3) is 0 Å². The number of methoxy groups -OCH3 is 1. The van der Waals surface area contributed by atoms with Gasteiger partial charge in [-0.25, -0.2) is 0 Å². The summed E-state index contributed by atoms with van der Waals surface area (Å²) in [5, 5.41) is 7.00. The fraction of sp³-hybridized carbons (Fsp3) is 0.500. The van der Waals surface area contributed by atoms with Crippen LogP contribution in [-0.2, 0) is 4.74 Å². The van der Waals surface area contributed by atoms with Gasteiger partial charge < -0.3 is 9.84 Å². The zero-order valence-electron chi connectivity index (χ0n) is 6.72. The molecule has 58 valence electrons. The van der Waals surface area contributed by atoms with E-state index in [0.717, 1.165) is 7.11 Å². The third-order valence-corrected chi connectivity index (χ3v) is 0.228. The molecule has 0 aliphatic carbocycles. The molecule has 0 radical (unpaired) electrons. The zero-order valence-corrected chi connectivity index (χ0v) is 6.72. The Morgan fingerprint density at radius 3 is 1.70 bits per heavy atom. The summed E-state index contributed by atoms with van der Waals surface area (Å²) in [5.41, 5.74) is 0. The highest BCUT2D eigenvalue weighted by Crippen LogP contribution is 1.53. The summed E-state index contributed by atoms with van der Waals surface area (Å²) >= 11 is 0. The first-order valence-corrected chi connectivity index (χ1v) is 2.58. The Labute approximate surface area is 63.2 Å². The Balaban J connectivity index is -0.0000000847. The first-order valence-electron chi connectivity index (χ1n) is 2.58. The smallest absolute Gasteiger partial charge is 0.107 e. The summed E-state index contributed by atoms with van der Waals surface area (Å²) in [6.07, 6.45) is 9.36. The Hall–Kier alpha value is -0.960. The lowest BCUT2D eigenvalue weighted by atomic mass is 10.8. The summed E-state index contributed by atoms with van der Waals surface area (Å²) in [7, 11) is 2.57. The van der Waals surface area contributed by atoms with Crippen molar-refractivity contribution in [3.05, 3.63) is 0 Å². The second kappa shape index (κ2) is 43.1. The molecule has 0 amide bonds. The number of hydrogen-bond donors (Lipinski definition) is 1. The average Bonchev–Trinajstić information content (AvgIpc) is 1.96. The van der Waals surface area contributed by atoms with E-state index in [0.29, 0.717) is 6.61 Å². The van der Waals surface area contributed by atoms with Gasteiger partial charge in [-0.2, -0.15) is 0 Å². The van der Waals surface area contributed by atoms with Crippen molar-refractivity contribution in [2.24, 2.45) is 0 Å². The van der Waals surface area contributed by atoms with E-state index in [-0.39, 0.29) is 0 Å². The maximum atomic E-state index is 7.00. The van der Waals surface area contributed by atoms with Gasteiger partial charge in [0.2, 0.25) is 0 Å². The monoisotopic (exact) mass is 142 g/mol. The van der Waals surface area contributed by atoms with Crippen LogP contribution in [0, 0.1) is 24.7 Å². The highest BCUT2D eigenvalue weighted by atomic mass is 16.5. The molecule has 0 aliphatic rings. The fourth-order valence-corrected chi connectivity index (χ4v) is 0.0833. The molecule has 0 aromatic carbocycles. The predicted molar refractivity (Wildman–Crippen MR) is 43.4 cm³/mol. The van der Waals surface area contributed by atoms with E-state index in [2.05, 4.69) is 23.0 Å². The lowest BCUT2D eigenvalue weighted by Gasteiger charge is -1.76. The number of aliphatic hydroxyl groups excluding tert-OH is 1. The van der Waals surface area contributed by atoms with Crippen molar-refractivity contribution in [1.82, 2.24) is 0 Å². The molecule has 0 heterocycles. The van der Waals surface area contributed by atoms with Gasteiger partial charge in [-0.1, -0.05) is 5.92 Å². The quantitative estimate of drug-likeness (QED) is 0.541. The lowest BCUT2D eigenvalue weighted by Crippen LogP contribution is -1.77. The van der Waals surface area contributed by atoms with Crippen molar-refractivity contribution in [1.29, 1.82) is 0 Å². The number of rotatable bonds is 1. The summed E-state index contributed by atoms with van der Waals surface area (Å²) in [6.45, 7) is 2.07. The van der Waals surface area contributed by atoms with Crippen molar-refractivity contribution in [2.45, 2.75) is 6.92 Å². The third kappa shape index (κ3) is 237. The molecule has 2 nitrogen and oxygen atoms in total. The lowest BCUT2D eigenvalue weighted by molar-refractivity contribution is 0.240. The van der Waals surface area contributed by atoms with E-state index in [4.69, 9.17) is 11.5 Å². The highest BCUT2D eigenvalue weighted by Gasteiger charge is 1.57.